The van der Waals surface area contributed by atoms with Crippen molar-refractivity contribution in [2.24, 2.45) is 0 Å². The number of piperidine rings is 1. The van der Waals surface area contributed by atoms with Crippen molar-refractivity contribution in [3.8, 4) is 0 Å². The molecule has 3 fully saturated rings. The van der Waals surface area contributed by atoms with Gasteiger partial charge in [0.1, 0.15) is 11.4 Å². The number of carbonyl (C=O) groups is 2. The summed E-state index contributed by atoms with van der Waals surface area (Å²) in [4.78, 5) is 26.1. The summed E-state index contributed by atoms with van der Waals surface area (Å²) < 4.78 is 39.4. The monoisotopic (exact) mass is 430 g/mol. The van der Waals surface area contributed by atoms with Crippen LogP contribution in [0.2, 0.25) is 0 Å². The zero-order valence-electron chi connectivity index (χ0n) is 17.7. The minimum Gasteiger partial charge on any atom is -0.444 e. The first-order chi connectivity index (χ1) is 13.5. The predicted octanol–water partition coefficient (Wildman–Crippen LogP) is 2.37. The van der Waals surface area contributed by atoms with E-state index in [1.54, 1.807) is 4.90 Å². The van der Waals surface area contributed by atoms with Gasteiger partial charge in [0, 0.05) is 19.4 Å². The molecule has 1 aliphatic carbocycles. The van der Waals surface area contributed by atoms with Crippen LogP contribution in [0, 0.1) is 0 Å². The van der Waals surface area contributed by atoms with Crippen LogP contribution in [-0.4, -0.2) is 67.4 Å². The number of nitrogens with one attached hydrogen (secondary N) is 1. The molecule has 0 bridgehead atoms. The Hall–Kier alpha value is -1.19. The molecule has 2 atom stereocenters. The minimum absolute atomic E-state index is 0.0349. The van der Waals surface area contributed by atoms with Crippen molar-refractivity contribution in [2.45, 2.75) is 95.4 Å². The standard InChI is InChI=1S/C20H34N2O6S/c1-19(2,3)28-18(24)22-12-4-10-20(11-5-13-29(25,26)21-20)17(22)14-27-16-8-6-15(23)7-9-16/h16-17,21H,4-14H2,1-3H3/t17-,20+/m0/s1. The van der Waals surface area contributed by atoms with E-state index in [2.05, 4.69) is 4.72 Å². The Bertz CT molecular complexity index is 718. The number of likely N-dealkylation sites (tertiary alicyclic amines) is 1. The summed E-state index contributed by atoms with van der Waals surface area (Å²) in [5.74, 6) is 0.369. The van der Waals surface area contributed by atoms with Gasteiger partial charge in [0.05, 0.1) is 30.0 Å². The maximum atomic E-state index is 12.9. The molecule has 0 unspecified atom stereocenters. The third-order valence-electron chi connectivity index (χ3n) is 6.04. The van der Waals surface area contributed by atoms with Gasteiger partial charge >= 0.3 is 6.09 Å². The van der Waals surface area contributed by atoms with Gasteiger partial charge in [-0.2, -0.15) is 0 Å². The third-order valence-corrected chi connectivity index (χ3v) is 7.58. The zero-order valence-corrected chi connectivity index (χ0v) is 18.6. The molecule has 2 aliphatic heterocycles. The van der Waals surface area contributed by atoms with Crippen LogP contribution in [0.5, 0.6) is 0 Å². The summed E-state index contributed by atoms with van der Waals surface area (Å²) in [6.07, 6.45) is 4.52. The molecule has 9 heteroatoms. The summed E-state index contributed by atoms with van der Waals surface area (Å²) in [5.41, 5.74) is -1.36. The Morgan fingerprint density at radius 1 is 1.21 bits per heavy atom. The number of carbonyl (C=O) groups excluding carboxylic acids is 2. The van der Waals surface area contributed by atoms with E-state index < -0.39 is 33.3 Å². The fraction of sp³-hybridized carbons (Fsp3) is 0.900. The second kappa shape index (κ2) is 8.51. The summed E-state index contributed by atoms with van der Waals surface area (Å²) in [6, 6.07) is -0.432. The normalized spacial score (nSPS) is 31.1. The molecule has 0 aromatic heterocycles. The van der Waals surface area contributed by atoms with Crippen molar-refractivity contribution in [3.05, 3.63) is 0 Å². The number of sulfonamides is 1. The first-order valence-electron chi connectivity index (χ1n) is 10.6. The van der Waals surface area contributed by atoms with Crippen LogP contribution >= 0.6 is 0 Å². The smallest absolute Gasteiger partial charge is 0.410 e. The lowest BCUT2D eigenvalue weighted by molar-refractivity contribution is -0.123. The van der Waals surface area contributed by atoms with Gasteiger partial charge in [-0.1, -0.05) is 0 Å². The Balaban J connectivity index is 1.80. The van der Waals surface area contributed by atoms with E-state index in [1.165, 1.54) is 0 Å². The number of ketones is 1. The maximum Gasteiger partial charge on any atom is 0.410 e. The number of amides is 1. The van der Waals surface area contributed by atoms with Crippen molar-refractivity contribution in [3.63, 3.8) is 0 Å². The third kappa shape index (κ3) is 5.70. The Morgan fingerprint density at radius 3 is 2.48 bits per heavy atom. The molecular weight excluding hydrogens is 396 g/mol. The molecule has 2 saturated heterocycles. The highest BCUT2D eigenvalue weighted by atomic mass is 32.2. The lowest BCUT2D eigenvalue weighted by Crippen LogP contribution is -2.69. The number of hydrogen-bond donors (Lipinski definition) is 1. The van der Waals surface area contributed by atoms with Crippen molar-refractivity contribution >= 4 is 21.9 Å². The number of Topliss-reactive ketones (excluding diaryl/α,β-unsaturated/α-hetero) is 1. The molecule has 8 nitrogen and oxygen atoms in total. The molecule has 29 heavy (non-hydrogen) atoms. The van der Waals surface area contributed by atoms with Crippen LogP contribution in [0.25, 0.3) is 0 Å². The second-order valence-electron chi connectivity index (χ2n) is 9.55. The largest absolute Gasteiger partial charge is 0.444 e. The summed E-state index contributed by atoms with van der Waals surface area (Å²) in [6.45, 7) is 6.20. The lowest BCUT2D eigenvalue weighted by atomic mass is 9.78. The van der Waals surface area contributed by atoms with E-state index in [1.807, 2.05) is 20.8 Å². The molecule has 1 amide bonds. The first-order valence-corrected chi connectivity index (χ1v) is 12.3. The topological polar surface area (TPSA) is 102 Å². The average molecular weight is 431 g/mol. The molecule has 1 spiro atoms. The van der Waals surface area contributed by atoms with Gasteiger partial charge in [-0.15, -0.1) is 0 Å². The fourth-order valence-corrected chi connectivity index (χ4v) is 6.27. The van der Waals surface area contributed by atoms with Gasteiger partial charge in [0.15, 0.2) is 0 Å². The van der Waals surface area contributed by atoms with Crippen LogP contribution in [-0.2, 0) is 24.3 Å². The minimum atomic E-state index is -3.39. The van der Waals surface area contributed by atoms with Crippen LogP contribution in [0.1, 0.15) is 72.1 Å². The molecule has 0 aromatic rings. The fourth-order valence-electron chi connectivity index (χ4n) is 4.68. The van der Waals surface area contributed by atoms with Gasteiger partial charge in [0.2, 0.25) is 10.0 Å². The number of nitrogens with zero attached hydrogens (tertiary/aromatic N) is 1. The van der Waals surface area contributed by atoms with Crippen LogP contribution in [0.3, 0.4) is 0 Å². The van der Waals surface area contributed by atoms with Gasteiger partial charge in [0.25, 0.3) is 0 Å². The van der Waals surface area contributed by atoms with Gasteiger partial charge in [-0.05, 0) is 59.3 Å². The van der Waals surface area contributed by atoms with Gasteiger partial charge in [-0.25, -0.2) is 17.9 Å². The highest BCUT2D eigenvalue weighted by Gasteiger charge is 2.51. The van der Waals surface area contributed by atoms with Crippen LogP contribution in [0.4, 0.5) is 4.79 Å². The summed E-state index contributed by atoms with van der Waals surface area (Å²) >= 11 is 0. The van der Waals surface area contributed by atoms with E-state index in [-0.39, 0.29) is 24.2 Å². The van der Waals surface area contributed by atoms with Crippen molar-refractivity contribution in [2.75, 3.05) is 18.9 Å². The van der Waals surface area contributed by atoms with E-state index in [0.29, 0.717) is 57.9 Å². The number of ether oxygens (including phenoxy) is 2. The molecule has 166 valence electrons. The summed E-state index contributed by atoms with van der Waals surface area (Å²) in [5, 5.41) is 0. The quantitative estimate of drug-likeness (QED) is 0.737. The second-order valence-corrected chi connectivity index (χ2v) is 11.4. The Labute approximate surface area is 173 Å². The van der Waals surface area contributed by atoms with Crippen molar-refractivity contribution in [1.82, 2.24) is 9.62 Å². The van der Waals surface area contributed by atoms with E-state index in [0.717, 1.165) is 0 Å². The molecule has 3 aliphatic rings. The van der Waals surface area contributed by atoms with Crippen LogP contribution in [0.15, 0.2) is 0 Å². The van der Waals surface area contributed by atoms with Gasteiger partial charge in [-0.3, -0.25) is 4.79 Å². The van der Waals surface area contributed by atoms with Crippen LogP contribution < -0.4 is 4.72 Å². The van der Waals surface area contributed by atoms with Gasteiger partial charge < -0.3 is 14.4 Å². The molecule has 1 saturated carbocycles. The Kier molecular flexibility index (Phi) is 6.60. The average Bonchev–Trinajstić information content (AvgIpc) is 2.59. The highest BCUT2D eigenvalue weighted by Crippen LogP contribution is 2.37. The van der Waals surface area contributed by atoms with E-state index in [9.17, 15) is 18.0 Å². The highest BCUT2D eigenvalue weighted by molar-refractivity contribution is 7.89. The van der Waals surface area contributed by atoms with E-state index in [4.69, 9.17) is 9.47 Å². The molecule has 0 radical (unpaired) electrons. The number of hydrogen-bond acceptors (Lipinski definition) is 6. The van der Waals surface area contributed by atoms with Crippen molar-refractivity contribution < 1.29 is 27.5 Å². The lowest BCUT2D eigenvalue weighted by Gasteiger charge is -2.51. The Morgan fingerprint density at radius 2 is 1.86 bits per heavy atom. The zero-order chi connectivity index (χ0) is 21.3. The maximum absolute atomic E-state index is 12.9. The SMILES string of the molecule is CC(C)(C)OC(=O)N1CCC[C@@]2(CCCS(=O)(=O)N2)[C@@H]1COC1CCC(=O)CC1. The molecule has 1 N–H and O–H groups in total. The molecule has 0 aromatic carbocycles. The molecule has 2 heterocycles. The first kappa shape index (κ1) is 22.5. The molecular formula is C20H34N2O6S. The summed E-state index contributed by atoms with van der Waals surface area (Å²) in [7, 11) is -3.39. The number of rotatable bonds is 3. The van der Waals surface area contributed by atoms with Crippen molar-refractivity contribution in [1.29, 1.82) is 0 Å². The predicted molar refractivity (Wildman–Crippen MR) is 108 cm³/mol. The molecule has 3 rings (SSSR count). The van der Waals surface area contributed by atoms with E-state index >= 15 is 0 Å².